The van der Waals surface area contributed by atoms with E-state index in [1.54, 1.807) is 12.1 Å². The van der Waals surface area contributed by atoms with Gasteiger partial charge < -0.3 is 19.4 Å². The van der Waals surface area contributed by atoms with E-state index in [-0.39, 0.29) is 5.76 Å². The summed E-state index contributed by atoms with van der Waals surface area (Å²) in [6, 6.07) is 9.64. The Bertz CT molecular complexity index is 853. The molecule has 2 aromatic rings. The Balaban J connectivity index is 1.47. The van der Waals surface area contributed by atoms with Crippen molar-refractivity contribution in [2.45, 2.75) is 19.8 Å². The Hall–Kier alpha value is -3.36. The molecule has 148 valence electrons. The van der Waals surface area contributed by atoms with E-state index >= 15 is 0 Å². The molecule has 1 amide bonds. The summed E-state index contributed by atoms with van der Waals surface area (Å²) in [5.74, 6) is -1.61. The highest BCUT2D eigenvalue weighted by Crippen LogP contribution is 2.24. The molecule has 0 bridgehead atoms. The van der Waals surface area contributed by atoms with E-state index in [1.165, 1.54) is 12.8 Å². The third-order valence-electron chi connectivity index (χ3n) is 4.61. The summed E-state index contributed by atoms with van der Waals surface area (Å²) in [6.07, 6.45) is 2.34. The molecule has 1 saturated heterocycles. The Morgan fingerprint density at radius 1 is 1.21 bits per heavy atom. The summed E-state index contributed by atoms with van der Waals surface area (Å²) in [6.45, 7) is 3.77. The minimum Gasteiger partial charge on any atom is -0.450 e. The van der Waals surface area contributed by atoms with Gasteiger partial charge in [0.25, 0.3) is 5.91 Å². The smallest absolute Gasteiger partial charge is 0.433 e. The molecule has 1 fully saturated rings. The molecular weight excluding hydrogens is 366 g/mol. The predicted octanol–water partition coefficient (Wildman–Crippen LogP) is 3.22. The first-order valence-corrected chi connectivity index (χ1v) is 8.98. The van der Waals surface area contributed by atoms with Gasteiger partial charge in [-0.3, -0.25) is 14.9 Å². The van der Waals surface area contributed by atoms with Gasteiger partial charge in [0.15, 0.2) is 6.61 Å². The first-order chi connectivity index (χ1) is 13.4. The number of furan rings is 1. The number of nitrogens with zero attached hydrogens (tertiary/aromatic N) is 2. The third-order valence-corrected chi connectivity index (χ3v) is 4.61. The number of amides is 1. The monoisotopic (exact) mass is 387 g/mol. The second-order valence-corrected chi connectivity index (χ2v) is 6.74. The molecule has 0 unspecified atom stereocenters. The second-order valence-electron chi connectivity index (χ2n) is 6.74. The molecule has 1 aliphatic heterocycles. The molecule has 1 aromatic carbocycles. The lowest BCUT2D eigenvalue weighted by Gasteiger charge is -2.32. The van der Waals surface area contributed by atoms with Crippen LogP contribution in [-0.2, 0) is 9.53 Å². The number of piperidine rings is 1. The predicted molar refractivity (Wildman–Crippen MR) is 101 cm³/mol. The fourth-order valence-electron chi connectivity index (χ4n) is 2.96. The van der Waals surface area contributed by atoms with Crippen molar-refractivity contribution in [3.05, 3.63) is 52.3 Å². The summed E-state index contributed by atoms with van der Waals surface area (Å²) >= 11 is 0. The van der Waals surface area contributed by atoms with Gasteiger partial charge in [0.05, 0.1) is 6.07 Å². The number of carbonyl (C=O) groups excluding carboxylic acids is 2. The van der Waals surface area contributed by atoms with Crippen LogP contribution < -0.4 is 10.2 Å². The SMILES string of the molecule is CC1CCN(c2ccc(NC(=O)COC(=O)c3ccc([N+](=O)[O-])o3)cc2)CC1. The van der Waals surface area contributed by atoms with Crippen molar-refractivity contribution < 1.29 is 23.7 Å². The molecule has 0 radical (unpaired) electrons. The third kappa shape index (κ3) is 4.87. The van der Waals surface area contributed by atoms with E-state index in [9.17, 15) is 19.7 Å². The number of esters is 1. The van der Waals surface area contributed by atoms with Crippen LogP contribution in [0.4, 0.5) is 17.3 Å². The highest BCUT2D eigenvalue weighted by molar-refractivity contribution is 5.94. The topological polar surface area (TPSA) is 115 Å². The summed E-state index contributed by atoms with van der Waals surface area (Å²) in [7, 11) is 0. The van der Waals surface area contributed by atoms with Gasteiger partial charge in [-0.2, -0.15) is 0 Å². The second kappa shape index (κ2) is 8.55. The minimum absolute atomic E-state index is 0.334. The number of carbonyl (C=O) groups is 2. The summed E-state index contributed by atoms with van der Waals surface area (Å²) < 4.78 is 9.53. The molecule has 1 N–H and O–H groups in total. The quantitative estimate of drug-likeness (QED) is 0.460. The Morgan fingerprint density at radius 2 is 1.89 bits per heavy atom. The van der Waals surface area contributed by atoms with Gasteiger partial charge in [-0.25, -0.2) is 4.79 Å². The fraction of sp³-hybridized carbons (Fsp3) is 0.368. The van der Waals surface area contributed by atoms with Crippen molar-refractivity contribution in [2.75, 3.05) is 29.9 Å². The summed E-state index contributed by atoms with van der Waals surface area (Å²) in [5.41, 5.74) is 1.69. The van der Waals surface area contributed by atoms with Crippen molar-refractivity contribution in [3.8, 4) is 0 Å². The molecule has 28 heavy (non-hydrogen) atoms. The van der Waals surface area contributed by atoms with Crippen LogP contribution >= 0.6 is 0 Å². The fourth-order valence-corrected chi connectivity index (χ4v) is 2.96. The van der Waals surface area contributed by atoms with Crippen molar-refractivity contribution in [3.63, 3.8) is 0 Å². The Kier molecular flexibility index (Phi) is 5.93. The number of nitro groups is 1. The largest absolute Gasteiger partial charge is 0.450 e. The van der Waals surface area contributed by atoms with Gasteiger partial charge in [-0.1, -0.05) is 6.92 Å². The first kappa shape index (κ1) is 19.4. The first-order valence-electron chi connectivity index (χ1n) is 8.98. The van der Waals surface area contributed by atoms with Gasteiger partial charge >= 0.3 is 11.9 Å². The van der Waals surface area contributed by atoms with Crippen LogP contribution in [-0.4, -0.2) is 36.5 Å². The lowest BCUT2D eigenvalue weighted by Crippen LogP contribution is -2.32. The summed E-state index contributed by atoms with van der Waals surface area (Å²) in [5, 5.41) is 13.2. The number of rotatable bonds is 6. The molecule has 0 spiro atoms. The van der Waals surface area contributed by atoms with Crippen LogP contribution in [0.15, 0.2) is 40.8 Å². The average Bonchev–Trinajstić information content (AvgIpc) is 3.18. The number of hydrogen-bond acceptors (Lipinski definition) is 7. The van der Waals surface area contributed by atoms with E-state index in [1.807, 2.05) is 12.1 Å². The molecular formula is C19H21N3O6. The molecule has 0 atom stereocenters. The minimum atomic E-state index is -0.946. The molecule has 1 aliphatic rings. The van der Waals surface area contributed by atoms with Gasteiger partial charge in [-0.15, -0.1) is 0 Å². The molecule has 0 saturated carbocycles. The number of anilines is 2. The lowest BCUT2D eigenvalue weighted by atomic mass is 9.99. The van der Waals surface area contributed by atoms with Crippen molar-refractivity contribution in [1.29, 1.82) is 0 Å². The van der Waals surface area contributed by atoms with Crippen LogP contribution in [0.3, 0.4) is 0 Å². The zero-order valence-corrected chi connectivity index (χ0v) is 15.4. The van der Waals surface area contributed by atoms with E-state index in [0.717, 1.165) is 36.8 Å². The molecule has 2 heterocycles. The Labute approximate surface area is 161 Å². The van der Waals surface area contributed by atoms with Crippen molar-refractivity contribution >= 4 is 29.1 Å². The molecule has 0 aliphatic carbocycles. The number of benzene rings is 1. The zero-order chi connectivity index (χ0) is 20.1. The van der Waals surface area contributed by atoms with Crippen LogP contribution in [0.5, 0.6) is 0 Å². The standard InChI is InChI=1S/C19H21N3O6/c1-13-8-10-21(11-9-13)15-4-2-14(3-5-15)20-17(23)12-27-19(24)16-6-7-18(28-16)22(25)26/h2-7,13H,8-12H2,1H3,(H,20,23). The summed E-state index contributed by atoms with van der Waals surface area (Å²) in [4.78, 5) is 35.8. The average molecular weight is 387 g/mol. The van der Waals surface area contributed by atoms with Gasteiger partial charge in [0.1, 0.15) is 4.92 Å². The van der Waals surface area contributed by atoms with Gasteiger partial charge in [-0.05, 0) is 49.1 Å². The van der Waals surface area contributed by atoms with Gasteiger partial charge in [0.2, 0.25) is 5.76 Å². The van der Waals surface area contributed by atoms with Crippen molar-refractivity contribution in [2.24, 2.45) is 5.92 Å². The highest BCUT2D eigenvalue weighted by Gasteiger charge is 2.19. The molecule has 9 heteroatoms. The Morgan fingerprint density at radius 3 is 2.50 bits per heavy atom. The maximum Gasteiger partial charge on any atom is 0.433 e. The van der Waals surface area contributed by atoms with Crippen molar-refractivity contribution in [1.82, 2.24) is 0 Å². The van der Waals surface area contributed by atoms with E-state index in [2.05, 4.69) is 17.1 Å². The van der Waals surface area contributed by atoms with Crippen LogP contribution in [0.2, 0.25) is 0 Å². The van der Waals surface area contributed by atoms with Crippen LogP contribution in [0.1, 0.15) is 30.3 Å². The molecule has 9 nitrogen and oxygen atoms in total. The number of nitrogens with one attached hydrogen (secondary N) is 1. The lowest BCUT2D eigenvalue weighted by molar-refractivity contribution is -0.402. The maximum absolute atomic E-state index is 11.9. The zero-order valence-electron chi connectivity index (χ0n) is 15.4. The van der Waals surface area contributed by atoms with Crippen LogP contribution in [0, 0.1) is 16.0 Å². The molecule has 3 rings (SSSR count). The maximum atomic E-state index is 11.9. The van der Waals surface area contributed by atoms with E-state index in [0.29, 0.717) is 5.69 Å². The number of hydrogen-bond donors (Lipinski definition) is 1. The molecule has 1 aromatic heterocycles. The van der Waals surface area contributed by atoms with Gasteiger partial charge in [0, 0.05) is 24.5 Å². The van der Waals surface area contributed by atoms with E-state index in [4.69, 9.17) is 9.15 Å². The van der Waals surface area contributed by atoms with Crippen LogP contribution in [0.25, 0.3) is 0 Å². The number of ether oxygens (including phenoxy) is 1. The normalized spacial score (nSPS) is 14.5. The highest BCUT2D eigenvalue weighted by atomic mass is 16.7. The van der Waals surface area contributed by atoms with E-state index < -0.39 is 29.3 Å².